The summed E-state index contributed by atoms with van der Waals surface area (Å²) in [5.74, 6) is 0.593. The lowest BCUT2D eigenvalue weighted by Crippen LogP contribution is -2.46. The number of nitrogens with zero attached hydrogens (tertiary/aromatic N) is 2. The van der Waals surface area contributed by atoms with Crippen molar-refractivity contribution in [2.75, 3.05) is 44.9 Å². The van der Waals surface area contributed by atoms with Crippen molar-refractivity contribution in [1.82, 2.24) is 4.58 Å². The Balaban J connectivity index is 1.67. The van der Waals surface area contributed by atoms with E-state index < -0.39 is 18.9 Å². The van der Waals surface area contributed by atoms with Gasteiger partial charge in [0.2, 0.25) is 5.36 Å². The number of fused-ring (bicyclic) bond motifs is 2. The molecule has 0 saturated heterocycles. The third-order valence-corrected chi connectivity index (χ3v) is 13.0. The third kappa shape index (κ3) is 8.04. The number of benzene rings is 4. The molecule has 0 spiro atoms. The van der Waals surface area contributed by atoms with Crippen LogP contribution >= 0.6 is 0 Å². The molecule has 11 heteroatoms. The van der Waals surface area contributed by atoms with E-state index in [0.29, 0.717) is 48.3 Å². The second-order valence-electron chi connectivity index (χ2n) is 12.4. The second-order valence-corrected chi connectivity index (χ2v) is 16.5. The van der Waals surface area contributed by atoms with Gasteiger partial charge >= 0.3 is 8.80 Å². The van der Waals surface area contributed by atoms with Crippen molar-refractivity contribution in [3.05, 3.63) is 95.3 Å². The van der Waals surface area contributed by atoms with E-state index in [1.807, 2.05) is 64.2 Å². The first kappa shape index (κ1) is 37.4. The van der Waals surface area contributed by atoms with E-state index in [1.165, 1.54) is 17.2 Å². The van der Waals surface area contributed by atoms with Gasteiger partial charge in [-0.05, 0) is 77.4 Å². The standard InChI is InChI=1S/C39H48N2O7SSi/c1-8-41(35-22-17-28(5)25-29(35)6)31-19-21-33-37(27-31)48-36-26-30(40(7)23-14-24-50(45-9-2,46-10-3)47-11-4)18-20-32(36)39(33)34-15-12-13-16-38(34)49(42,43)44/h12-13,15-22,25-27H,8-11,14,23-24H2,1-7H3/p+1. The molecule has 0 saturated carbocycles. The molecule has 266 valence electrons. The van der Waals surface area contributed by atoms with Crippen LogP contribution in [0.3, 0.4) is 0 Å². The Morgan fingerprint density at radius 3 is 2.18 bits per heavy atom. The predicted octanol–water partition coefficient (Wildman–Crippen LogP) is 8.07. The second kappa shape index (κ2) is 16.0. The summed E-state index contributed by atoms with van der Waals surface area (Å²) < 4.78 is 62.5. The van der Waals surface area contributed by atoms with Crippen molar-refractivity contribution in [1.29, 1.82) is 0 Å². The minimum atomic E-state index is -4.52. The molecule has 1 aliphatic heterocycles. The largest absolute Gasteiger partial charge is 0.501 e. The van der Waals surface area contributed by atoms with E-state index in [0.717, 1.165) is 47.2 Å². The summed E-state index contributed by atoms with van der Waals surface area (Å²) in [7, 11) is -5.26. The Morgan fingerprint density at radius 2 is 1.54 bits per heavy atom. The first-order valence-electron chi connectivity index (χ1n) is 17.3. The van der Waals surface area contributed by atoms with Crippen LogP contribution < -0.4 is 14.8 Å². The fourth-order valence-corrected chi connectivity index (χ4v) is 10.0. The van der Waals surface area contributed by atoms with E-state index in [-0.39, 0.29) is 4.90 Å². The van der Waals surface area contributed by atoms with Crippen LogP contribution in [0.15, 0.2) is 88.2 Å². The molecule has 0 aromatic heterocycles. The first-order chi connectivity index (χ1) is 23.9. The van der Waals surface area contributed by atoms with Crippen molar-refractivity contribution in [3.8, 4) is 22.5 Å². The summed E-state index contributed by atoms with van der Waals surface area (Å²) in [6.45, 7) is 15.3. The molecule has 1 N–H and O–H groups in total. The Bertz CT molecular complexity index is 2090. The summed E-state index contributed by atoms with van der Waals surface area (Å²) >= 11 is 0. The van der Waals surface area contributed by atoms with Crippen LogP contribution in [-0.2, 0) is 23.4 Å². The van der Waals surface area contributed by atoms with E-state index in [2.05, 4.69) is 48.4 Å². The monoisotopic (exact) mass is 717 g/mol. The zero-order valence-electron chi connectivity index (χ0n) is 30.2. The first-order valence-corrected chi connectivity index (χ1v) is 20.7. The van der Waals surface area contributed by atoms with Crippen LogP contribution in [0, 0.1) is 13.8 Å². The number of rotatable bonds is 15. The van der Waals surface area contributed by atoms with Gasteiger partial charge in [0.1, 0.15) is 29.8 Å². The fourth-order valence-electron chi connectivity index (χ4n) is 6.72. The maximum Gasteiger partial charge on any atom is 0.501 e. The molecule has 0 fully saturated rings. The van der Waals surface area contributed by atoms with Crippen LogP contribution in [0.25, 0.3) is 33.4 Å². The van der Waals surface area contributed by atoms with Gasteiger partial charge in [-0.2, -0.15) is 8.42 Å². The van der Waals surface area contributed by atoms with Crippen molar-refractivity contribution < 1.29 is 30.7 Å². The molecule has 0 radical (unpaired) electrons. The van der Waals surface area contributed by atoms with Crippen molar-refractivity contribution in [3.63, 3.8) is 0 Å². The third-order valence-electron chi connectivity index (χ3n) is 8.90. The Hall–Kier alpha value is -3.84. The molecule has 0 atom stereocenters. The number of hydrogen-bond donors (Lipinski definition) is 1. The van der Waals surface area contributed by atoms with E-state index >= 15 is 0 Å². The zero-order chi connectivity index (χ0) is 36.1. The quantitative estimate of drug-likeness (QED) is 0.0503. The Labute approximate surface area is 297 Å². The van der Waals surface area contributed by atoms with Gasteiger partial charge in [-0.1, -0.05) is 35.9 Å². The molecular weight excluding hydrogens is 669 g/mol. The fraction of sp³-hybridized carbons (Fsp3) is 0.359. The van der Waals surface area contributed by atoms with Crippen molar-refractivity contribution >= 4 is 41.3 Å². The number of hydrogen-bond acceptors (Lipinski definition) is 7. The summed E-state index contributed by atoms with van der Waals surface area (Å²) in [6.07, 6.45) is 0.803. The van der Waals surface area contributed by atoms with Crippen LogP contribution in [-0.4, -0.2) is 61.7 Å². The van der Waals surface area contributed by atoms with Crippen molar-refractivity contribution in [2.24, 2.45) is 0 Å². The summed E-state index contributed by atoms with van der Waals surface area (Å²) in [5, 5.41) is 1.67. The molecule has 3 aromatic carbocycles. The van der Waals surface area contributed by atoms with E-state index in [1.54, 1.807) is 18.2 Å². The average molecular weight is 718 g/mol. The lowest BCUT2D eigenvalue weighted by atomic mass is 9.93. The van der Waals surface area contributed by atoms with Gasteiger partial charge < -0.3 is 22.6 Å². The molecule has 0 amide bonds. The molecule has 0 bridgehead atoms. The molecule has 2 aliphatic rings. The van der Waals surface area contributed by atoms with Gasteiger partial charge in [0, 0.05) is 84.4 Å². The number of anilines is 2. The lowest BCUT2D eigenvalue weighted by Gasteiger charge is -2.28. The summed E-state index contributed by atoms with van der Waals surface area (Å²) in [6, 6.07) is 25.6. The highest BCUT2D eigenvalue weighted by Gasteiger charge is 2.40. The van der Waals surface area contributed by atoms with Crippen LogP contribution in [0.2, 0.25) is 6.04 Å². The Morgan fingerprint density at radius 1 is 0.840 bits per heavy atom. The molecule has 50 heavy (non-hydrogen) atoms. The van der Waals surface area contributed by atoms with Crippen LogP contribution in [0.1, 0.15) is 45.2 Å². The lowest BCUT2D eigenvalue weighted by molar-refractivity contribution is 0.0707. The highest BCUT2D eigenvalue weighted by molar-refractivity contribution is 7.86. The molecule has 9 nitrogen and oxygen atoms in total. The van der Waals surface area contributed by atoms with Gasteiger partial charge in [0.25, 0.3) is 10.1 Å². The smallest absolute Gasteiger partial charge is 0.456 e. The normalized spacial score (nSPS) is 12.9. The minimum absolute atomic E-state index is 0.157. The zero-order valence-corrected chi connectivity index (χ0v) is 32.0. The van der Waals surface area contributed by atoms with Gasteiger partial charge in [-0.15, -0.1) is 0 Å². The maximum atomic E-state index is 12.6. The molecule has 5 rings (SSSR count). The van der Waals surface area contributed by atoms with Crippen LogP contribution in [0.4, 0.5) is 11.4 Å². The topological polar surface area (TPSA) is 101 Å². The molecule has 1 heterocycles. The van der Waals surface area contributed by atoms with Gasteiger partial charge in [0.15, 0.2) is 0 Å². The Kier molecular flexibility index (Phi) is 12.0. The maximum absolute atomic E-state index is 12.6. The van der Waals surface area contributed by atoms with E-state index in [9.17, 15) is 13.0 Å². The molecular formula is C39H49N2O7SSi+. The highest BCUT2D eigenvalue weighted by atomic mass is 32.2. The average Bonchev–Trinajstić information content (AvgIpc) is 3.08. The SMILES string of the molecule is CCO[Si](CCC[N+](C)=c1ccc2c(-c3ccccc3S(=O)(=O)O)c3ccc(N(CC)c4ccc(C)cc4C)cc3oc-2c1)(OCC)OCC. The number of aryl methyl sites for hydroxylation is 2. The van der Waals surface area contributed by atoms with Gasteiger partial charge in [-0.3, -0.25) is 4.55 Å². The molecule has 0 unspecified atom stereocenters. The highest BCUT2D eigenvalue weighted by Crippen LogP contribution is 2.43. The predicted molar refractivity (Wildman–Crippen MR) is 203 cm³/mol. The van der Waals surface area contributed by atoms with Gasteiger partial charge in [0.05, 0.1) is 6.07 Å². The van der Waals surface area contributed by atoms with E-state index in [4.69, 9.17) is 17.7 Å². The van der Waals surface area contributed by atoms with Crippen molar-refractivity contribution in [2.45, 2.75) is 58.9 Å². The van der Waals surface area contributed by atoms with Crippen LogP contribution in [0.5, 0.6) is 0 Å². The van der Waals surface area contributed by atoms with Gasteiger partial charge in [-0.25, -0.2) is 4.58 Å². The minimum Gasteiger partial charge on any atom is -0.456 e. The molecule has 3 aromatic rings. The summed E-state index contributed by atoms with van der Waals surface area (Å²) in [4.78, 5) is 2.08. The summed E-state index contributed by atoms with van der Waals surface area (Å²) in [5.41, 5.74) is 6.82. The molecule has 1 aliphatic carbocycles.